The first-order chi connectivity index (χ1) is 11.3. The summed E-state index contributed by atoms with van der Waals surface area (Å²) in [5.41, 5.74) is 5.11. The van der Waals surface area contributed by atoms with Gasteiger partial charge in [0, 0.05) is 0 Å². The van der Waals surface area contributed by atoms with E-state index in [0.29, 0.717) is 6.42 Å². The van der Waals surface area contributed by atoms with Crippen molar-refractivity contribution < 1.29 is 22.7 Å². The van der Waals surface area contributed by atoms with Crippen LogP contribution in [-0.4, -0.2) is 17.6 Å². The molecule has 0 aliphatic heterocycles. The molecule has 2 rings (SSSR count). The minimum absolute atomic E-state index is 0.0800. The lowest BCUT2D eigenvalue weighted by atomic mass is 10.0. The van der Waals surface area contributed by atoms with Crippen molar-refractivity contribution >= 4 is 11.8 Å². The molecule has 0 unspecified atom stereocenters. The molecule has 128 valence electrons. The Labute approximate surface area is 137 Å². The molecule has 1 aromatic heterocycles. The maximum atomic E-state index is 13.2. The summed E-state index contributed by atoms with van der Waals surface area (Å²) < 4.78 is 44.4. The van der Waals surface area contributed by atoms with Gasteiger partial charge in [-0.05, 0) is 37.0 Å². The van der Waals surface area contributed by atoms with Crippen LogP contribution in [0.15, 0.2) is 36.4 Å². The highest BCUT2D eigenvalue weighted by Crippen LogP contribution is 2.33. The van der Waals surface area contributed by atoms with Crippen LogP contribution in [0.3, 0.4) is 0 Å². The second kappa shape index (κ2) is 7.33. The standard InChI is InChI=1S/C17H17F3N2O2/c1-2-24-16(23)13-10-12(9-8-11-6-4-3-5-7-11)14(17(18,19)20)22-15(13)21/h3-7,10H,2,8-9H2,1H3,(H2,21,22). The summed E-state index contributed by atoms with van der Waals surface area (Å²) in [5.74, 6) is -1.26. The minimum Gasteiger partial charge on any atom is -0.462 e. The van der Waals surface area contributed by atoms with Gasteiger partial charge in [-0.1, -0.05) is 30.3 Å². The summed E-state index contributed by atoms with van der Waals surface area (Å²) in [6.45, 7) is 1.70. The first kappa shape index (κ1) is 17.8. The number of ether oxygens (including phenoxy) is 1. The highest BCUT2D eigenvalue weighted by molar-refractivity contribution is 5.94. The Kier molecular flexibility index (Phi) is 5.43. The van der Waals surface area contributed by atoms with Crippen LogP contribution in [0.5, 0.6) is 0 Å². The molecule has 0 saturated carbocycles. The summed E-state index contributed by atoms with van der Waals surface area (Å²) in [5, 5.41) is 0. The highest BCUT2D eigenvalue weighted by atomic mass is 19.4. The van der Waals surface area contributed by atoms with Crippen LogP contribution < -0.4 is 5.73 Å². The Morgan fingerprint density at radius 2 is 1.88 bits per heavy atom. The minimum atomic E-state index is -4.65. The fraction of sp³-hybridized carbons (Fsp3) is 0.294. The van der Waals surface area contributed by atoms with Gasteiger partial charge in [0.05, 0.1) is 6.61 Å². The number of hydrogen-bond donors (Lipinski definition) is 1. The van der Waals surface area contributed by atoms with E-state index >= 15 is 0 Å². The third-order valence-corrected chi connectivity index (χ3v) is 3.42. The Morgan fingerprint density at radius 3 is 2.46 bits per heavy atom. The van der Waals surface area contributed by atoms with Gasteiger partial charge >= 0.3 is 12.1 Å². The average Bonchev–Trinajstić information content (AvgIpc) is 2.53. The van der Waals surface area contributed by atoms with E-state index in [1.165, 1.54) is 0 Å². The molecule has 0 atom stereocenters. The van der Waals surface area contributed by atoms with E-state index in [2.05, 4.69) is 4.98 Å². The molecule has 2 aromatic rings. The van der Waals surface area contributed by atoms with Gasteiger partial charge < -0.3 is 10.5 Å². The van der Waals surface area contributed by atoms with E-state index in [1.807, 2.05) is 30.3 Å². The van der Waals surface area contributed by atoms with Crippen molar-refractivity contribution in [2.75, 3.05) is 12.3 Å². The first-order valence-electron chi connectivity index (χ1n) is 7.40. The lowest BCUT2D eigenvalue weighted by molar-refractivity contribution is -0.141. The van der Waals surface area contributed by atoms with Crippen molar-refractivity contribution in [3.8, 4) is 0 Å². The molecule has 1 aromatic carbocycles. The number of aromatic nitrogens is 1. The molecule has 7 heteroatoms. The summed E-state index contributed by atoms with van der Waals surface area (Å²) in [7, 11) is 0. The number of benzene rings is 1. The monoisotopic (exact) mass is 338 g/mol. The maximum Gasteiger partial charge on any atom is 0.433 e. The van der Waals surface area contributed by atoms with Gasteiger partial charge in [-0.2, -0.15) is 13.2 Å². The lowest BCUT2D eigenvalue weighted by Gasteiger charge is -2.15. The molecule has 0 radical (unpaired) electrons. The van der Waals surface area contributed by atoms with Crippen LogP contribution in [-0.2, 0) is 23.8 Å². The number of carbonyl (C=O) groups excluding carboxylic acids is 1. The number of halogens is 3. The molecule has 0 aliphatic carbocycles. The molecule has 0 saturated heterocycles. The summed E-state index contributed by atoms with van der Waals surface area (Å²) in [6.07, 6.45) is -4.18. The third kappa shape index (κ3) is 4.24. The molecule has 0 fully saturated rings. The van der Waals surface area contributed by atoms with E-state index in [1.54, 1.807) is 6.92 Å². The molecule has 0 bridgehead atoms. The smallest absolute Gasteiger partial charge is 0.433 e. The predicted molar refractivity (Wildman–Crippen MR) is 83.5 cm³/mol. The van der Waals surface area contributed by atoms with E-state index in [-0.39, 0.29) is 24.2 Å². The number of carbonyl (C=O) groups is 1. The number of nitrogens with two attached hydrogens (primary N) is 1. The number of alkyl halides is 3. The Hall–Kier alpha value is -2.57. The number of aryl methyl sites for hydroxylation is 2. The Balaban J connectivity index is 2.38. The number of nitrogen functional groups attached to an aromatic ring is 1. The van der Waals surface area contributed by atoms with Gasteiger partial charge in [0.2, 0.25) is 0 Å². The van der Waals surface area contributed by atoms with Crippen molar-refractivity contribution in [2.45, 2.75) is 25.9 Å². The van der Waals surface area contributed by atoms with E-state index in [9.17, 15) is 18.0 Å². The largest absolute Gasteiger partial charge is 0.462 e. The number of rotatable bonds is 5. The molecule has 24 heavy (non-hydrogen) atoms. The van der Waals surface area contributed by atoms with Gasteiger partial charge in [0.25, 0.3) is 0 Å². The summed E-state index contributed by atoms with van der Waals surface area (Å²) in [4.78, 5) is 15.2. The summed E-state index contributed by atoms with van der Waals surface area (Å²) >= 11 is 0. The van der Waals surface area contributed by atoms with E-state index in [4.69, 9.17) is 10.5 Å². The Morgan fingerprint density at radius 1 is 1.21 bits per heavy atom. The van der Waals surface area contributed by atoms with Crippen molar-refractivity contribution in [3.05, 3.63) is 58.8 Å². The number of anilines is 1. The second-order valence-corrected chi connectivity index (χ2v) is 5.13. The van der Waals surface area contributed by atoms with Gasteiger partial charge in [-0.15, -0.1) is 0 Å². The van der Waals surface area contributed by atoms with Crippen LogP contribution >= 0.6 is 0 Å². The SMILES string of the molecule is CCOC(=O)c1cc(CCc2ccccc2)c(C(F)(F)F)nc1N. The zero-order valence-electron chi connectivity index (χ0n) is 13.1. The quantitative estimate of drug-likeness (QED) is 0.845. The van der Waals surface area contributed by atoms with Crippen LogP contribution in [0.1, 0.15) is 34.1 Å². The zero-order valence-corrected chi connectivity index (χ0v) is 13.1. The maximum absolute atomic E-state index is 13.2. The fourth-order valence-electron chi connectivity index (χ4n) is 2.30. The summed E-state index contributed by atoms with van der Waals surface area (Å²) in [6, 6.07) is 10.2. The van der Waals surface area contributed by atoms with Crippen LogP contribution in [0.2, 0.25) is 0 Å². The fourth-order valence-corrected chi connectivity index (χ4v) is 2.30. The second-order valence-electron chi connectivity index (χ2n) is 5.13. The van der Waals surface area contributed by atoms with E-state index in [0.717, 1.165) is 11.6 Å². The highest BCUT2D eigenvalue weighted by Gasteiger charge is 2.36. The van der Waals surface area contributed by atoms with Crippen LogP contribution in [0.25, 0.3) is 0 Å². The van der Waals surface area contributed by atoms with Gasteiger partial charge in [0.15, 0.2) is 0 Å². The van der Waals surface area contributed by atoms with Crippen molar-refractivity contribution in [3.63, 3.8) is 0 Å². The number of hydrogen-bond acceptors (Lipinski definition) is 4. The van der Waals surface area contributed by atoms with Crippen molar-refractivity contribution in [1.29, 1.82) is 0 Å². The van der Waals surface area contributed by atoms with Gasteiger partial charge in [-0.25, -0.2) is 9.78 Å². The molecule has 1 heterocycles. The molecule has 0 spiro atoms. The molecule has 0 aliphatic rings. The number of nitrogens with zero attached hydrogens (tertiary/aromatic N) is 1. The Bertz CT molecular complexity index is 716. The average molecular weight is 338 g/mol. The topological polar surface area (TPSA) is 65.2 Å². The molecular weight excluding hydrogens is 321 g/mol. The van der Waals surface area contributed by atoms with Gasteiger partial charge in [0.1, 0.15) is 17.1 Å². The molecule has 2 N–H and O–H groups in total. The zero-order chi connectivity index (χ0) is 17.7. The third-order valence-electron chi connectivity index (χ3n) is 3.42. The predicted octanol–water partition coefficient (Wildman–Crippen LogP) is 3.64. The number of esters is 1. The van der Waals surface area contributed by atoms with Crippen molar-refractivity contribution in [1.82, 2.24) is 4.98 Å². The lowest BCUT2D eigenvalue weighted by Crippen LogP contribution is -2.18. The van der Waals surface area contributed by atoms with Crippen molar-refractivity contribution in [2.24, 2.45) is 0 Å². The van der Waals surface area contributed by atoms with Crippen LogP contribution in [0.4, 0.5) is 19.0 Å². The number of pyridine rings is 1. The van der Waals surface area contributed by atoms with Crippen LogP contribution in [0, 0.1) is 0 Å². The van der Waals surface area contributed by atoms with Gasteiger partial charge in [-0.3, -0.25) is 0 Å². The normalized spacial score (nSPS) is 11.3. The first-order valence-corrected chi connectivity index (χ1v) is 7.40. The molecule has 4 nitrogen and oxygen atoms in total. The van der Waals surface area contributed by atoms with E-state index < -0.39 is 23.7 Å². The molecular formula is C17H17F3N2O2. The molecule has 0 amide bonds.